The van der Waals surface area contributed by atoms with Crippen LogP contribution in [-0.2, 0) is 7.05 Å². The van der Waals surface area contributed by atoms with E-state index in [0.717, 1.165) is 11.0 Å². The number of hydrogen-bond acceptors (Lipinski definition) is 6. The van der Waals surface area contributed by atoms with Crippen LogP contribution in [0.25, 0.3) is 0 Å². The number of fused-ring (bicyclic) bond motifs is 1. The fraction of sp³-hybridized carbons (Fsp3) is 0.308. The molecule has 0 radical (unpaired) electrons. The molecule has 1 aromatic carbocycles. The SMILES string of the molecule is Cc1nnc(SCC(=O)c2ccc3c(c2)OCO3)n1C. The third kappa shape index (κ3) is 2.36. The van der Waals surface area contributed by atoms with Crippen LogP contribution < -0.4 is 9.47 Å². The van der Waals surface area contributed by atoms with Crippen molar-refractivity contribution in [2.75, 3.05) is 12.5 Å². The molecule has 7 heteroatoms. The van der Waals surface area contributed by atoms with E-state index in [2.05, 4.69) is 10.2 Å². The summed E-state index contributed by atoms with van der Waals surface area (Å²) in [5.41, 5.74) is 0.612. The van der Waals surface area contributed by atoms with Gasteiger partial charge in [0.05, 0.1) is 5.75 Å². The number of carbonyl (C=O) groups excluding carboxylic acids is 1. The first-order valence-electron chi connectivity index (χ1n) is 6.07. The number of aromatic nitrogens is 3. The average Bonchev–Trinajstić information content (AvgIpc) is 3.04. The van der Waals surface area contributed by atoms with Crippen LogP contribution >= 0.6 is 11.8 Å². The Morgan fingerprint density at radius 2 is 2.15 bits per heavy atom. The summed E-state index contributed by atoms with van der Waals surface area (Å²) in [6.45, 7) is 2.08. The highest BCUT2D eigenvalue weighted by Gasteiger charge is 2.17. The molecule has 3 rings (SSSR count). The van der Waals surface area contributed by atoms with Crippen LogP contribution in [0, 0.1) is 6.92 Å². The van der Waals surface area contributed by atoms with Crippen molar-refractivity contribution in [1.82, 2.24) is 14.8 Å². The fourth-order valence-electron chi connectivity index (χ4n) is 1.80. The maximum Gasteiger partial charge on any atom is 0.231 e. The van der Waals surface area contributed by atoms with E-state index in [1.807, 2.05) is 18.5 Å². The second kappa shape index (κ2) is 5.16. The molecule has 0 spiro atoms. The van der Waals surface area contributed by atoms with E-state index in [1.165, 1.54) is 11.8 Å². The van der Waals surface area contributed by atoms with Crippen molar-refractivity contribution in [3.63, 3.8) is 0 Å². The van der Waals surface area contributed by atoms with Crippen molar-refractivity contribution in [1.29, 1.82) is 0 Å². The monoisotopic (exact) mass is 291 g/mol. The number of hydrogen-bond donors (Lipinski definition) is 0. The van der Waals surface area contributed by atoms with Crippen LogP contribution in [-0.4, -0.2) is 33.1 Å². The minimum atomic E-state index is 0.0222. The molecule has 0 bridgehead atoms. The minimum Gasteiger partial charge on any atom is -0.454 e. The number of benzene rings is 1. The maximum absolute atomic E-state index is 12.2. The molecule has 1 aromatic heterocycles. The van der Waals surface area contributed by atoms with Crippen molar-refractivity contribution in [2.45, 2.75) is 12.1 Å². The number of aryl methyl sites for hydroxylation is 1. The molecule has 0 saturated carbocycles. The lowest BCUT2D eigenvalue weighted by molar-refractivity contribution is 0.102. The Morgan fingerprint density at radius 1 is 1.35 bits per heavy atom. The summed E-state index contributed by atoms with van der Waals surface area (Å²) in [6.07, 6.45) is 0. The summed E-state index contributed by atoms with van der Waals surface area (Å²) in [6, 6.07) is 5.22. The number of ketones is 1. The molecule has 2 aromatic rings. The molecule has 0 saturated heterocycles. The summed E-state index contributed by atoms with van der Waals surface area (Å²) in [7, 11) is 1.88. The first-order valence-corrected chi connectivity index (χ1v) is 7.05. The van der Waals surface area contributed by atoms with E-state index < -0.39 is 0 Å². The Hall–Kier alpha value is -2.02. The first kappa shape index (κ1) is 13.0. The van der Waals surface area contributed by atoms with Crippen LogP contribution in [0.3, 0.4) is 0 Å². The zero-order chi connectivity index (χ0) is 14.1. The van der Waals surface area contributed by atoms with Crippen molar-refractivity contribution in [3.8, 4) is 11.5 Å². The van der Waals surface area contributed by atoms with Gasteiger partial charge >= 0.3 is 0 Å². The Balaban J connectivity index is 1.69. The molecular formula is C13H13N3O3S. The lowest BCUT2D eigenvalue weighted by atomic mass is 10.1. The fourth-order valence-corrected chi connectivity index (χ4v) is 2.65. The zero-order valence-corrected chi connectivity index (χ0v) is 11.9. The quantitative estimate of drug-likeness (QED) is 0.632. The maximum atomic E-state index is 12.2. The summed E-state index contributed by atoms with van der Waals surface area (Å²) < 4.78 is 12.3. The van der Waals surface area contributed by atoms with Gasteiger partial charge in [0, 0.05) is 12.6 Å². The molecule has 0 atom stereocenters. The first-order chi connectivity index (χ1) is 9.65. The zero-order valence-electron chi connectivity index (χ0n) is 11.1. The van der Waals surface area contributed by atoms with Crippen molar-refractivity contribution < 1.29 is 14.3 Å². The van der Waals surface area contributed by atoms with Crippen LogP contribution in [0.5, 0.6) is 11.5 Å². The smallest absolute Gasteiger partial charge is 0.231 e. The number of rotatable bonds is 4. The topological polar surface area (TPSA) is 66.2 Å². The summed E-state index contributed by atoms with van der Waals surface area (Å²) in [5, 5.41) is 8.71. The molecule has 20 heavy (non-hydrogen) atoms. The van der Waals surface area contributed by atoms with Crippen molar-refractivity contribution in [3.05, 3.63) is 29.6 Å². The molecule has 0 amide bonds. The van der Waals surface area contributed by atoms with E-state index in [-0.39, 0.29) is 12.6 Å². The third-order valence-corrected chi connectivity index (χ3v) is 4.10. The molecule has 1 aliphatic rings. The van der Waals surface area contributed by atoms with E-state index in [1.54, 1.807) is 18.2 Å². The van der Waals surface area contributed by atoms with Gasteiger partial charge in [0.25, 0.3) is 0 Å². The highest BCUT2D eigenvalue weighted by Crippen LogP contribution is 2.33. The van der Waals surface area contributed by atoms with Crippen LogP contribution in [0.2, 0.25) is 0 Å². The predicted octanol–water partition coefficient (Wildman–Crippen LogP) is 1.83. The molecule has 2 heterocycles. The minimum absolute atomic E-state index is 0.0222. The second-order valence-corrected chi connectivity index (χ2v) is 5.31. The van der Waals surface area contributed by atoms with Gasteiger partial charge in [-0.3, -0.25) is 4.79 Å². The number of ether oxygens (including phenoxy) is 2. The molecule has 6 nitrogen and oxygen atoms in total. The number of thioether (sulfide) groups is 1. The Morgan fingerprint density at radius 3 is 2.90 bits per heavy atom. The summed E-state index contributed by atoms with van der Waals surface area (Å²) in [4.78, 5) is 12.2. The van der Waals surface area contributed by atoms with Gasteiger partial charge in [0.1, 0.15) is 5.82 Å². The lowest BCUT2D eigenvalue weighted by Gasteiger charge is -2.03. The number of nitrogens with zero attached hydrogens (tertiary/aromatic N) is 3. The van der Waals surface area contributed by atoms with E-state index >= 15 is 0 Å². The Labute approximate surface area is 120 Å². The number of carbonyl (C=O) groups is 1. The van der Waals surface area contributed by atoms with Crippen LogP contribution in [0.15, 0.2) is 23.4 Å². The largest absolute Gasteiger partial charge is 0.454 e. The van der Waals surface area contributed by atoms with Crippen molar-refractivity contribution in [2.24, 2.45) is 7.05 Å². The van der Waals surface area contributed by atoms with Gasteiger partial charge in [-0.05, 0) is 25.1 Å². The normalized spacial score (nSPS) is 12.7. The molecule has 1 aliphatic heterocycles. The predicted molar refractivity (Wildman–Crippen MR) is 73.4 cm³/mol. The van der Waals surface area contributed by atoms with Gasteiger partial charge in [-0.25, -0.2) is 0 Å². The van der Waals surface area contributed by atoms with E-state index in [9.17, 15) is 4.79 Å². The van der Waals surface area contributed by atoms with Gasteiger partial charge < -0.3 is 14.0 Å². The summed E-state index contributed by atoms with van der Waals surface area (Å²) in [5.74, 6) is 2.46. The van der Waals surface area contributed by atoms with Gasteiger partial charge in [0.15, 0.2) is 22.4 Å². The van der Waals surface area contributed by atoms with Gasteiger partial charge in [-0.15, -0.1) is 10.2 Å². The molecule has 104 valence electrons. The van der Waals surface area contributed by atoms with E-state index in [4.69, 9.17) is 9.47 Å². The second-order valence-electron chi connectivity index (χ2n) is 4.37. The number of Topliss-reactive ketones (excluding diaryl/α,β-unsaturated/α-hetero) is 1. The van der Waals surface area contributed by atoms with Gasteiger partial charge in [-0.2, -0.15) is 0 Å². The lowest BCUT2D eigenvalue weighted by Crippen LogP contribution is -2.04. The van der Waals surface area contributed by atoms with Gasteiger partial charge in [-0.1, -0.05) is 11.8 Å². The van der Waals surface area contributed by atoms with Gasteiger partial charge in [0.2, 0.25) is 6.79 Å². The van der Waals surface area contributed by atoms with Crippen LogP contribution in [0.1, 0.15) is 16.2 Å². The average molecular weight is 291 g/mol. The highest BCUT2D eigenvalue weighted by molar-refractivity contribution is 7.99. The Kier molecular flexibility index (Phi) is 3.35. The van der Waals surface area contributed by atoms with Crippen LogP contribution in [0.4, 0.5) is 0 Å². The highest BCUT2D eigenvalue weighted by atomic mass is 32.2. The standard InChI is InChI=1S/C13H13N3O3S/c1-8-14-15-13(16(8)2)20-6-10(17)9-3-4-11-12(5-9)19-7-18-11/h3-5H,6-7H2,1-2H3. The molecule has 0 unspecified atom stereocenters. The van der Waals surface area contributed by atoms with Crippen molar-refractivity contribution >= 4 is 17.5 Å². The summed E-state index contributed by atoms with van der Waals surface area (Å²) >= 11 is 1.37. The molecule has 0 aliphatic carbocycles. The molecule has 0 N–H and O–H groups in total. The van der Waals surface area contributed by atoms with E-state index in [0.29, 0.717) is 22.8 Å². The molecular weight excluding hydrogens is 278 g/mol. The Bertz CT molecular complexity index is 669. The molecule has 0 fully saturated rings. The third-order valence-electron chi connectivity index (χ3n) is 3.08.